The molecule has 1 aliphatic heterocycles. The van der Waals surface area contributed by atoms with E-state index < -0.39 is 18.1 Å². The Bertz CT molecular complexity index is 674. The van der Waals surface area contributed by atoms with E-state index in [4.69, 9.17) is 9.47 Å². The van der Waals surface area contributed by atoms with Crippen molar-refractivity contribution in [1.29, 1.82) is 0 Å². The van der Waals surface area contributed by atoms with Crippen molar-refractivity contribution in [2.24, 2.45) is 0 Å². The number of carbonyl (C=O) groups is 1. The summed E-state index contributed by atoms with van der Waals surface area (Å²) in [7, 11) is 0. The van der Waals surface area contributed by atoms with Crippen molar-refractivity contribution >= 4 is 5.97 Å². The van der Waals surface area contributed by atoms with Gasteiger partial charge in [0.1, 0.15) is 12.1 Å². The molecule has 0 unspecified atom stereocenters. The number of ether oxygens (including phenoxy) is 2. The van der Waals surface area contributed by atoms with E-state index in [-0.39, 0.29) is 12.7 Å². The molecule has 28 heavy (non-hydrogen) atoms. The number of hydrogen-bond donors (Lipinski definition) is 1. The van der Waals surface area contributed by atoms with Crippen LogP contribution in [-0.4, -0.2) is 47.4 Å². The Hall–Kier alpha value is -2.21. The molecule has 2 aromatic carbocycles. The summed E-state index contributed by atoms with van der Waals surface area (Å²) in [5.41, 5.74) is 2.15. The standard InChI is InChI=1S/C23H29NO4/c1-2-27-23(26)21(22(25)20-14-9-15-28-20)24(16-18-10-5-3-6-11-18)17-19-12-7-4-8-13-19/h3-8,10-13,20-22,25H,2,9,14-17H2,1H3/t20-,21-,22+/m0/s1. The second-order valence-corrected chi connectivity index (χ2v) is 7.12. The predicted octanol–water partition coefficient (Wildman–Crippen LogP) is 3.16. The Morgan fingerprint density at radius 2 is 1.68 bits per heavy atom. The Labute approximate surface area is 166 Å². The Kier molecular flexibility index (Phi) is 7.60. The molecule has 0 aliphatic carbocycles. The monoisotopic (exact) mass is 383 g/mol. The van der Waals surface area contributed by atoms with Crippen LogP contribution in [0.15, 0.2) is 60.7 Å². The van der Waals surface area contributed by atoms with E-state index in [1.54, 1.807) is 6.92 Å². The molecule has 1 saturated heterocycles. The van der Waals surface area contributed by atoms with Gasteiger partial charge in [0.2, 0.25) is 0 Å². The molecule has 0 bridgehead atoms. The number of rotatable bonds is 9. The number of nitrogens with zero attached hydrogens (tertiary/aromatic N) is 1. The lowest BCUT2D eigenvalue weighted by Crippen LogP contribution is -2.53. The summed E-state index contributed by atoms with van der Waals surface area (Å²) >= 11 is 0. The van der Waals surface area contributed by atoms with Gasteiger partial charge in [-0.05, 0) is 30.9 Å². The molecule has 0 radical (unpaired) electrons. The molecule has 0 amide bonds. The van der Waals surface area contributed by atoms with Crippen LogP contribution in [0.1, 0.15) is 30.9 Å². The Morgan fingerprint density at radius 1 is 1.11 bits per heavy atom. The molecule has 150 valence electrons. The van der Waals surface area contributed by atoms with Crippen LogP contribution >= 0.6 is 0 Å². The molecule has 1 fully saturated rings. The largest absolute Gasteiger partial charge is 0.465 e. The third-order valence-electron chi connectivity index (χ3n) is 5.05. The van der Waals surface area contributed by atoms with Gasteiger partial charge in [-0.15, -0.1) is 0 Å². The van der Waals surface area contributed by atoms with Crippen LogP contribution in [0.2, 0.25) is 0 Å². The van der Waals surface area contributed by atoms with Crippen molar-refractivity contribution in [3.63, 3.8) is 0 Å². The van der Waals surface area contributed by atoms with E-state index in [0.29, 0.717) is 19.7 Å². The quantitative estimate of drug-likeness (QED) is 0.674. The van der Waals surface area contributed by atoms with Crippen molar-refractivity contribution < 1.29 is 19.4 Å². The summed E-state index contributed by atoms with van der Waals surface area (Å²) in [4.78, 5) is 14.9. The number of esters is 1. The third kappa shape index (κ3) is 5.41. The topological polar surface area (TPSA) is 59.0 Å². The molecule has 3 atom stereocenters. The maximum absolute atomic E-state index is 12.9. The number of aliphatic hydroxyl groups is 1. The summed E-state index contributed by atoms with van der Waals surface area (Å²) in [6, 6.07) is 19.2. The van der Waals surface area contributed by atoms with Gasteiger partial charge in [0, 0.05) is 19.7 Å². The van der Waals surface area contributed by atoms with Gasteiger partial charge in [0.15, 0.2) is 0 Å². The van der Waals surface area contributed by atoms with Crippen molar-refractivity contribution in [2.75, 3.05) is 13.2 Å². The highest BCUT2D eigenvalue weighted by molar-refractivity contribution is 5.76. The van der Waals surface area contributed by atoms with E-state index in [1.807, 2.05) is 65.6 Å². The maximum atomic E-state index is 12.9. The summed E-state index contributed by atoms with van der Waals surface area (Å²) < 4.78 is 11.0. The van der Waals surface area contributed by atoms with Crippen LogP contribution < -0.4 is 0 Å². The fraction of sp³-hybridized carbons (Fsp3) is 0.435. The van der Waals surface area contributed by atoms with Crippen LogP contribution in [0, 0.1) is 0 Å². The lowest BCUT2D eigenvalue weighted by Gasteiger charge is -2.35. The van der Waals surface area contributed by atoms with E-state index in [9.17, 15) is 9.90 Å². The van der Waals surface area contributed by atoms with Crippen molar-refractivity contribution in [2.45, 2.75) is 51.1 Å². The highest BCUT2D eigenvalue weighted by Crippen LogP contribution is 2.24. The van der Waals surface area contributed by atoms with Crippen molar-refractivity contribution in [3.05, 3.63) is 71.8 Å². The van der Waals surface area contributed by atoms with E-state index in [0.717, 1.165) is 24.0 Å². The zero-order chi connectivity index (χ0) is 19.8. The van der Waals surface area contributed by atoms with Crippen LogP contribution in [0.25, 0.3) is 0 Å². The van der Waals surface area contributed by atoms with Crippen LogP contribution in [0.3, 0.4) is 0 Å². The first kappa shape index (κ1) is 20.5. The number of benzene rings is 2. The van der Waals surface area contributed by atoms with Gasteiger partial charge in [-0.3, -0.25) is 9.69 Å². The van der Waals surface area contributed by atoms with E-state index in [1.165, 1.54) is 0 Å². The molecule has 5 nitrogen and oxygen atoms in total. The van der Waals surface area contributed by atoms with Crippen LogP contribution in [-0.2, 0) is 27.4 Å². The average Bonchev–Trinajstić information content (AvgIpc) is 3.25. The lowest BCUT2D eigenvalue weighted by atomic mass is 10.00. The lowest BCUT2D eigenvalue weighted by molar-refractivity contribution is -0.159. The second-order valence-electron chi connectivity index (χ2n) is 7.12. The fourth-order valence-electron chi connectivity index (χ4n) is 3.70. The summed E-state index contributed by atoms with van der Waals surface area (Å²) in [6.07, 6.45) is 0.369. The second kappa shape index (κ2) is 10.4. The fourth-order valence-corrected chi connectivity index (χ4v) is 3.70. The highest BCUT2D eigenvalue weighted by Gasteiger charge is 2.40. The number of carbonyl (C=O) groups excluding carboxylic acids is 1. The molecule has 5 heteroatoms. The average molecular weight is 383 g/mol. The Balaban J connectivity index is 1.89. The number of hydrogen-bond acceptors (Lipinski definition) is 5. The SMILES string of the molecule is CCOC(=O)[C@H]([C@H](O)[C@@H]1CCCO1)N(Cc1ccccc1)Cc1ccccc1. The van der Waals surface area contributed by atoms with Gasteiger partial charge < -0.3 is 14.6 Å². The first-order valence-corrected chi connectivity index (χ1v) is 9.97. The highest BCUT2D eigenvalue weighted by atomic mass is 16.5. The maximum Gasteiger partial charge on any atom is 0.326 e. The first-order valence-electron chi connectivity index (χ1n) is 9.97. The van der Waals surface area contributed by atoms with Crippen LogP contribution in [0.4, 0.5) is 0 Å². The van der Waals surface area contributed by atoms with Gasteiger partial charge in [0.25, 0.3) is 0 Å². The third-order valence-corrected chi connectivity index (χ3v) is 5.05. The Morgan fingerprint density at radius 3 is 2.14 bits per heavy atom. The van der Waals surface area contributed by atoms with Gasteiger partial charge in [-0.2, -0.15) is 0 Å². The molecule has 0 spiro atoms. The predicted molar refractivity (Wildman–Crippen MR) is 108 cm³/mol. The number of aliphatic hydroxyl groups excluding tert-OH is 1. The van der Waals surface area contributed by atoms with Gasteiger partial charge in [-0.25, -0.2) is 0 Å². The summed E-state index contributed by atoms with van der Waals surface area (Å²) in [5, 5.41) is 11.1. The molecule has 1 N–H and O–H groups in total. The molecule has 0 saturated carbocycles. The van der Waals surface area contributed by atoms with Crippen molar-refractivity contribution in [1.82, 2.24) is 4.90 Å². The van der Waals surface area contributed by atoms with Gasteiger partial charge >= 0.3 is 5.97 Å². The molecular weight excluding hydrogens is 354 g/mol. The smallest absolute Gasteiger partial charge is 0.326 e. The van der Waals surface area contributed by atoms with E-state index >= 15 is 0 Å². The molecule has 0 aromatic heterocycles. The molecule has 1 aliphatic rings. The summed E-state index contributed by atoms with van der Waals surface area (Å²) in [6.45, 7) is 3.74. The molecule has 1 heterocycles. The molecule has 2 aromatic rings. The van der Waals surface area contributed by atoms with Gasteiger partial charge in [-0.1, -0.05) is 60.7 Å². The zero-order valence-electron chi connectivity index (χ0n) is 16.4. The minimum absolute atomic E-state index is 0.276. The molecular formula is C23H29NO4. The first-order chi connectivity index (χ1) is 13.7. The minimum Gasteiger partial charge on any atom is -0.465 e. The summed E-state index contributed by atoms with van der Waals surface area (Å²) in [5.74, 6) is -0.405. The normalized spacial score (nSPS) is 18.8. The van der Waals surface area contributed by atoms with Crippen molar-refractivity contribution in [3.8, 4) is 0 Å². The molecule has 3 rings (SSSR count). The van der Waals surface area contributed by atoms with Gasteiger partial charge in [0.05, 0.1) is 12.7 Å². The minimum atomic E-state index is -0.936. The zero-order valence-corrected chi connectivity index (χ0v) is 16.4. The van der Waals surface area contributed by atoms with Crippen LogP contribution in [0.5, 0.6) is 0 Å². The van der Waals surface area contributed by atoms with E-state index in [2.05, 4.69) is 0 Å².